The molecule has 13 heteroatoms. The van der Waals surface area contributed by atoms with Crippen molar-refractivity contribution in [2.75, 3.05) is 70.1 Å². The summed E-state index contributed by atoms with van der Waals surface area (Å²) in [5.41, 5.74) is 0.946. The first-order valence-electron chi connectivity index (χ1n) is 23.1. The first-order chi connectivity index (χ1) is 29.0. The van der Waals surface area contributed by atoms with Gasteiger partial charge in [-0.05, 0) is 94.5 Å². The van der Waals surface area contributed by atoms with Gasteiger partial charge in [-0.25, -0.2) is 12.8 Å². The second kappa shape index (κ2) is 22.7. The highest BCUT2D eigenvalue weighted by Crippen LogP contribution is 2.40. The molecule has 2 aromatic carbocycles. The predicted octanol–water partition coefficient (Wildman–Crippen LogP) is 9.62. The van der Waals surface area contributed by atoms with Crippen molar-refractivity contribution in [2.24, 2.45) is 0 Å². The fourth-order valence-corrected chi connectivity index (χ4v) is 11.6. The lowest BCUT2D eigenvalue weighted by Gasteiger charge is -2.46. The van der Waals surface area contributed by atoms with E-state index in [2.05, 4.69) is 45.4 Å². The van der Waals surface area contributed by atoms with Crippen molar-refractivity contribution in [3.63, 3.8) is 0 Å². The number of benzene rings is 2. The third-order valence-corrected chi connectivity index (χ3v) is 16.0. The molecule has 60 heavy (non-hydrogen) atoms. The maximum Gasteiger partial charge on any atom is 0.213 e. The molecule has 0 saturated carbocycles. The number of unbranched alkanes of at least 4 members (excludes halogenated alkanes) is 11. The summed E-state index contributed by atoms with van der Waals surface area (Å²) < 4.78 is 78.7. The molecule has 0 bridgehead atoms. The van der Waals surface area contributed by atoms with Gasteiger partial charge < -0.3 is 19.1 Å². The standard InChI is InChI=1S/C47H71F2N5O4S2/c1-5-6-7-8-9-10-11-12-13-14-15-16-33-58-42-19-20-43(46(49)45(42)48)60(56,57)44-35-50-41-18-17-39(59(4)55)34-40(41)47(44)54-27-23-37(24-28-54)52-25-21-38(22-26-52)53-31-29-51(30-32-53)36(2)3/h17-20,34-38H,5-16,21-33H2,1-4H3. The average molecular weight is 872 g/mol. The third-order valence-electron chi connectivity index (χ3n) is 13.3. The lowest BCUT2D eigenvalue weighted by Crippen LogP contribution is -2.56. The van der Waals surface area contributed by atoms with Crippen LogP contribution in [-0.2, 0) is 21.0 Å². The predicted molar refractivity (Wildman–Crippen MR) is 241 cm³/mol. The van der Waals surface area contributed by atoms with Gasteiger partial charge in [-0.2, -0.15) is 4.39 Å². The molecule has 3 saturated heterocycles. The molecule has 3 aliphatic heterocycles. The second-order valence-electron chi connectivity index (χ2n) is 17.7. The van der Waals surface area contributed by atoms with E-state index in [1.807, 2.05) is 0 Å². The van der Waals surface area contributed by atoms with Gasteiger partial charge in [-0.1, -0.05) is 77.6 Å². The van der Waals surface area contributed by atoms with Crippen LogP contribution in [0.4, 0.5) is 14.5 Å². The smallest absolute Gasteiger partial charge is 0.213 e. The summed E-state index contributed by atoms with van der Waals surface area (Å²) in [4.78, 5) is 14.0. The number of ether oxygens (including phenoxy) is 1. The van der Waals surface area contributed by atoms with Crippen LogP contribution in [0.15, 0.2) is 51.2 Å². The first-order valence-corrected chi connectivity index (χ1v) is 26.1. The van der Waals surface area contributed by atoms with E-state index in [0.717, 1.165) is 90.3 Å². The van der Waals surface area contributed by atoms with E-state index in [1.165, 1.54) is 63.6 Å². The fourth-order valence-electron chi connectivity index (χ4n) is 9.61. The molecule has 4 heterocycles. The molecule has 3 aliphatic rings. The Morgan fingerprint density at radius 1 is 0.750 bits per heavy atom. The van der Waals surface area contributed by atoms with E-state index in [4.69, 9.17) is 4.74 Å². The Morgan fingerprint density at radius 3 is 1.90 bits per heavy atom. The number of aromatic nitrogens is 1. The Morgan fingerprint density at radius 2 is 1.32 bits per heavy atom. The van der Waals surface area contributed by atoms with Crippen LogP contribution in [-0.4, -0.2) is 116 Å². The topological polar surface area (TPSA) is 92.3 Å². The lowest BCUT2D eigenvalue weighted by molar-refractivity contribution is 0.0359. The summed E-state index contributed by atoms with van der Waals surface area (Å²) in [5.74, 6) is -3.06. The zero-order valence-corrected chi connectivity index (χ0v) is 38.4. The van der Waals surface area contributed by atoms with E-state index in [-0.39, 0.29) is 17.3 Å². The van der Waals surface area contributed by atoms with Crippen LogP contribution in [0.5, 0.6) is 5.75 Å². The molecule has 334 valence electrons. The van der Waals surface area contributed by atoms with Crippen molar-refractivity contribution in [2.45, 2.75) is 156 Å². The van der Waals surface area contributed by atoms with E-state index in [0.29, 0.717) is 59.1 Å². The van der Waals surface area contributed by atoms with E-state index < -0.39 is 37.5 Å². The number of piperidine rings is 2. The maximum absolute atomic E-state index is 15.9. The summed E-state index contributed by atoms with van der Waals surface area (Å²) >= 11 is -1.33. The van der Waals surface area contributed by atoms with Crippen molar-refractivity contribution in [1.29, 1.82) is 0 Å². The van der Waals surface area contributed by atoms with Gasteiger partial charge >= 0.3 is 0 Å². The fraction of sp³-hybridized carbons (Fsp3) is 0.681. The van der Waals surface area contributed by atoms with Gasteiger partial charge in [0.05, 0.1) is 17.8 Å². The number of hydrogen-bond donors (Lipinski definition) is 0. The maximum atomic E-state index is 15.9. The van der Waals surface area contributed by atoms with Crippen molar-refractivity contribution in [3.05, 3.63) is 48.2 Å². The van der Waals surface area contributed by atoms with Crippen LogP contribution >= 0.6 is 0 Å². The lowest BCUT2D eigenvalue weighted by atomic mass is 9.96. The molecule has 0 radical (unpaired) electrons. The highest BCUT2D eigenvalue weighted by atomic mass is 32.2. The van der Waals surface area contributed by atoms with E-state index in [9.17, 15) is 13.0 Å². The van der Waals surface area contributed by atoms with Gasteiger partial charge in [-0.3, -0.25) is 14.8 Å². The second-order valence-corrected chi connectivity index (χ2v) is 21.0. The van der Waals surface area contributed by atoms with Gasteiger partial charge in [0, 0.05) is 75.0 Å². The molecular formula is C47H71F2N5O4S2. The number of piperazine rings is 1. The van der Waals surface area contributed by atoms with Gasteiger partial charge in [0.15, 0.2) is 16.5 Å². The zero-order valence-electron chi connectivity index (χ0n) is 36.8. The Hall–Kier alpha value is -2.55. The van der Waals surface area contributed by atoms with Crippen LogP contribution in [0.3, 0.4) is 0 Å². The molecule has 0 N–H and O–H groups in total. The molecule has 6 rings (SSSR count). The van der Waals surface area contributed by atoms with Gasteiger partial charge in [0.25, 0.3) is 0 Å². The summed E-state index contributed by atoms with van der Waals surface area (Å²) in [7, 11) is -4.59. The molecule has 1 unspecified atom stereocenters. The molecule has 3 fully saturated rings. The van der Waals surface area contributed by atoms with Crippen LogP contribution in [0.1, 0.15) is 124 Å². The SMILES string of the molecule is CCCCCCCCCCCCCCOc1ccc(S(=O)(=O)c2cnc3ccc([S+](C)[O-])cc3c2N2CCC(N3CCC(N4CCN(C(C)C)CC4)CC3)CC2)c(F)c1F. The number of likely N-dealkylation sites (tertiary alicyclic amines) is 1. The van der Waals surface area contributed by atoms with Crippen molar-refractivity contribution >= 4 is 37.6 Å². The van der Waals surface area contributed by atoms with Crippen molar-refractivity contribution < 1.29 is 26.5 Å². The number of hydrogen-bond acceptors (Lipinski definition) is 9. The molecule has 1 aromatic heterocycles. The quantitative estimate of drug-likeness (QED) is 0.0767. The third kappa shape index (κ3) is 11.9. The van der Waals surface area contributed by atoms with Crippen LogP contribution < -0.4 is 9.64 Å². The zero-order chi connectivity index (χ0) is 42.6. The Bertz CT molecular complexity index is 1910. The number of nitrogens with zero attached hydrogens (tertiary/aromatic N) is 5. The number of halogens is 2. The van der Waals surface area contributed by atoms with Crippen LogP contribution in [0.25, 0.3) is 10.9 Å². The molecule has 0 aliphatic carbocycles. The van der Waals surface area contributed by atoms with E-state index >= 15 is 8.78 Å². The van der Waals surface area contributed by atoms with Gasteiger partial charge in [-0.15, -0.1) is 0 Å². The monoisotopic (exact) mass is 871 g/mol. The summed E-state index contributed by atoms with van der Waals surface area (Å²) in [6.45, 7) is 14.8. The highest BCUT2D eigenvalue weighted by Gasteiger charge is 2.36. The largest absolute Gasteiger partial charge is 0.612 e. The highest BCUT2D eigenvalue weighted by molar-refractivity contribution is 7.91. The number of pyridine rings is 1. The number of anilines is 1. The molecule has 1 atom stereocenters. The molecule has 0 amide bonds. The van der Waals surface area contributed by atoms with Crippen molar-refractivity contribution in [3.8, 4) is 5.75 Å². The average Bonchev–Trinajstić information content (AvgIpc) is 3.26. The first kappa shape index (κ1) is 46.9. The Labute approximate surface area is 362 Å². The minimum absolute atomic E-state index is 0.186. The summed E-state index contributed by atoms with van der Waals surface area (Å²) in [6.07, 6.45) is 21.0. The molecule has 3 aromatic rings. The minimum atomic E-state index is -4.59. The number of rotatable bonds is 21. The molecule has 9 nitrogen and oxygen atoms in total. The Kier molecular flexibility index (Phi) is 17.8. The normalized spacial score (nSPS) is 18.8. The van der Waals surface area contributed by atoms with Crippen molar-refractivity contribution in [1.82, 2.24) is 19.7 Å². The van der Waals surface area contributed by atoms with E-state index in [1.54, 1.807) is 24.5 Å². The number of sulfone groups is 1. The minimum Gasteiger partial charge on any atom is -0.612 e. The molecular weight excluding hydrogens is 801 g/mol. The summed E-state index contributed by atoms with van der Waals surface area (Å²) in [6, 6.07) is 9.12. The van der Waals surface area contributed by atoms with Crippen LogP contribution in [0.2, 0.25) is 0 Å². The molecule has 0 spiro atoms. The number of fused-ring (bicyclic) bond motifs is 1. The summed E-state index contributed by atoms with van der Waals surface area (Å²) in [5, 5.41) is 0.531. The van der Waals surface area contributed by atoms with Gasteiger partial charge in [0.2, 0.25) is 15.7 Å². The van der Waals surface area contributed by atoms with Gasteiger partial charge in [0.1, 0.15) is 16.0 Å². The Balaban J connectivity index is 1.09. The van der Waals surface area contributed by atoms with Crippen LogP contribution in [0, 0.1) is 11.6 Å².